The number of nitrogens with one attached hydrogen (secondary N) is 1. The number of anilines is 1. The van der Waals surface area contributed by atoms with Crippen molar-refractivity contribution in [3.63, 3.8) is 0 Å². The van der Waals surface area contributed by atoms with E-state index in [1.807, 2.05) is 36.9 Å². The molecule has 3 aliphatic rings. The zero-order valence-corrected chi connectivity index (χ0v) is 24.1. The Morgan fingerprint density at radius 3 is 2.38 bits per heavy atom. The molecule has 4 bridgehead atoms. The second kappa shape index (κ2) is 10.2. The zero-order valence-electron chi connectivity index (χ0n) is 23.3. The van der Waals surface area contributed by atoms with Crippen LogP contribution in [0.1, 0.15) is 66.9 Å². The van der Waals surface area contributed by atoms with Crippen molar-refractivity contribution < 1.29 is 17.9 Å². The summed E-state index contributed by atoms with van der Waals surface area (Å²) < 4.78 is 35.7. The largest absolute Gasteiger partial charge is 0.477 e. The predicted octanol–water partition coefficient (Wildman–Crippen LogP) is 5.75. The molecule has 6 rings (SSSR count). The summed E-state index contributed by atoms with van der Waals surface area (Å²) in [6.45, 7) is 6.92. The van der Waals surface area contributed by atoms with Gasteiger partial charge in [0.2, 0.25) is 11.8 Å². The molecule has 1 spiro atoms. The van der Waals surface area contributed by atoms with Gasteiger partial charge in [0.1, 0.15) is 0 Å². The van der Waals surface area contributed by atoms with Gasteiger partial charge in [-0.1, -0.05) is 31.2 Å². The lowest BCUT2D eigenvalue weighted by molar-refractivity contribution is 0.0535. The SMILES string of the molecule is Cc1cccc(C)c1-c1cc2nc(n1)NS(=O)(=O)c1cccc(c1)C(=O)N(C1CCC3(CC1)CC3)C[C@@H](C)CO2. The van der Waals surface area contributed by atoms with Crippen LogP contribution in [0.4, 0.5) is 5.95 Å². The first kappa shape index (κ1) is 26.7. The third kappa shape index (κ3) is 5.31. The molecule has 2 saturated carbocycles. The molecule has 1 amide bonds. The molecule has 1 N–H and O–H groups in total. The summed E-state index contributed by atoms with van der Waals surface area (Å²) in [5, 5.41) is 0. The molecule has 0 radical (unpaired) electrons. The molecule has 1 atom stereocenters. The average molecular weight is 561 g/mol. The Morgan fingerprint density at radius 1 is 0.975 bits per heavy atom. The molecule has 1 aromatic heterocycles. The second-order valence-electron chi connectivity index (χ2n) is 11.9. The van der Waals surface area contributed by atoms with E-state index in [2.05, 4.69) is 21.6 Å². The van der Waals surface area contributed by atoms with E-state index < -0.39 is 10.0 Å². The number of amides is 1. The molecule has 0 saturated heterocycles. The number of hydrogen-bond donors (Lipinski definition) is 1. The van der Waals surface area contributed by atoms with Crippen LogP contribution in [0.15, 0.2) is 53.4 Å². The maximum Gasteiger partial charge on any atom is 0.264 e. The van der Waals surface area contributed by atoms with Crippen molar-refractivity contribution in [2.24, 2.45) is 11.3 Å². The molecular weight excluding hydrogens is 524 g/mol. The number of sulfonamides is 1. The Labute approximate surface area is 236 Å². The molecule has 2 fully saturated rings. The van der Waals surface area contributed by atoms with Crippen LogP contribution in [0.25, 0.3) is 11.3 Å². The zero-order chi connectivity index (χ0) is 28.1. The van der Waals surface area contributed by atoms with Crippen LogP contribution in [0.3, 0.4) is 0 Å². The number of ether oxygens (including phenoxy) is 1. The van der Waals surface area contributed by atoms with Gasteiger partial charge in [-0.2, -0.15) is 4.98 Å². The van der Waals surface area contributed by atoms with E-state index in [4.69, 9.17) is 4.74 Å². The minimum Gasteiger partial charge on any atom is -0.477 e. The van der Waals surface area contributed by atoms with Gasteiger partial charge in [-0.25, -0.2) is 18.1 Å². The minimum absolute atomic E-state index is 0.00692. The normalized spacial score (nSPS) is 23.6. The van der Waals surface area contributed by atoms with Crippen molar-refractivity contribution in [1.82, 2.24) is 14.9 Å². The Bertz CT molecular complexity index is 1540. The Kier molecular flexibility index (Phi) is 6.81. The van der Waals surface area contributed by atoms with Crippen LogP contribution >= 0.6 is 0 Å². The van der Waals surface area contributed by atoms with Crippen LogP contribution in [-0.4, -0.2) is 48.4 Å². The maximum atomic E-state index is 13.9. The van der Waals surface area contributed by atoms with Crippen molar-refractivity contribution >= 4 is 21.9 Å². The van der Waals surface area contributed by atoms with Gasteiger partial charge in [-0.05, 0) is 87.1 Å². The summed E-state index contributed by atoms with van der Waals surface area (Å²) in [4.78, 5) is 24.8. The van der Waals surface area contributed by atoms with E-state index in [9.17, 15) is 13.2 Å². The first-order valence-corrected chi connectivity index (χ1v) is 15.6. The first-order chi connectivity index (χ1) is 19.1. The molecular formula is C31H36N4O4S. The molecule has 3 aromatic rings. The fourth-order valence-corrected chi connectivity index (χ4v) is 7.24. The number of nitrogens with zero attached hydrogens (tertiary/aromatic N) is 3. The number of rotatable bonds is 2. The highest BCUT2D eigenvalue weighted by Crippen LogP contribution is 2.56. The summed E-state index contributed by atoms with van der Waals surface area (Å²) in [5.74, 6) is 0.110. The Hall–Kier alpha value is -3.46. The lowest BCUT2D eigenvalue weighted by Gasteiger charge is -2.38. The average Bonchev–Trinajstić information content (AvgIpc) is 3.68. The summed E-state index contributed by atoms with van der Waals surface area (Å²) in [7, 11) is -4.07. The van der Waals surface area contributed by atoms with Gasteiger partial charge in [0, 0.05) is 35.7 Å². The Balaban J connectivity index is 1.40. The van der Waals surface area contributed by atoms with Gasteiger partial charge >= 0.3 is 0 Å². The molecule has 9 heteroatoms. The third-order valence-electron chi connectivity index (χ3n) is 8.76. The smallest absolute Gasteiger partial charge is 0.264 e. The molecule has 0 unspecified atom stereocenters. The third-order valence-corrected chi connectivity index (χ3v) is 10.1. The highest BCUT2D eigenvalue weighted by Gasteiger charge is 2.46. The number of carbonyl (C=O) groups is 1. The molecule has 2 aromatic carbocycles. The monoisotopic (exact) mass is 560 g/mol. The van der Waals surface area contributed by atoms with E-state index in [0.717, 1.165) is 42.4 Å². The van der Waals surface area contributed by atoms with Crippen molar-refractivity contribution in [2.75, 3.05) is 17.9 Å². The molecule has 8 nitrogen and oxygen atoms in total. The highest BCUT2D eigenvalue weighted by atomic mass is 32.2. The summed E-state index contributed by atoms with van der Waals surface area (Å²) in [6.07, 6.45) is 6.86. The van der Waals surface area contributed by atoms with E-state index in [0.29, 0.717) is 29.8 Å². The van der Waals surface area contributed by atoms with Crippen LogP contribution < -0.4 is 9.46 Å². The molecule has 2 heterocycles. The predicted molar refractivity (Wildman–Crippen MR) is 154 cm³/mol. The molecule has 2 aliphatic carbocycles. The molecule has 1 aliphatic heterocycles. The summed E-state index contributed by atoms with van der Waals surface area (Å²) in [5.41, 5.74) is 4.40. The van der Waals surface area contributed by atoms with Crippen molar-refractivity contribution in [3.8, 4) is 17.1 Å². The minimum atomic E-state index is -4.07. The van der Waals surface area contributed by atoms with Gasteiger partial charge in [0.15, 0.2) is 0 Å². The van der Waals surface area contributed by atoms with Gasteiger partial charge in [-0.15, -0.1) is 0 Å². The fraction of sp³-hybridized carbons (Fsp3) is 0.452. The fourth-order valence-electron chi connectivity index (χ4n) is 6.25. The van der Waals surface area contributed by atoms with Crippen LogP contribution in [0.5, 0.6) is 5.88 Å². The van der Waals surface area contributed by atoms with E-state index >= 15 is 0 Å². The lowest BCUT2D eigenvalue weighted by atomic mass is 9.82. The summed E-state index contributed by atoms with van der Waals surface area (Å²) >= 11 is 0. The van der Waals surface area contributed by atoms with Crippen molar-refractivity contribution in [3.05, 3.63) is 65.2 Å². The number of carbonyl (C=O) groups excluding carboxylic acids is 1. The van der Waals surface area contributed by atoms with Gasteiger partial charge < -0.3 is 9.64 Å². The van der Waals surface area contributed by atoms with E-state index in [1.54, 1.807) is 18.2 Å². The molecule has 40 heavy (non-hydrogen) atoms. The number of aryl methyl sites for hydroxylation is 2. The lowest BCUT2D eigenvalue weighted by Crippen LogP contribution is -2.45. The number of hydrogen-bond acceptors (Lipinski definition) is 6. The highest BCUT2D eigenvalue weighted by molar-refractivity contribution is 7.92. The topological polar surface area (TPSA) is 101 Å². The number of fused-ring (bicyclic) bond motifs is 4. The van der Waals surface area contributed by atoms with Gasteiger partial charge in [-0.3, -0.25) is 4.79 Å². The second-order valence-corrected chi connectivity index (χ2v) is 13.6. The van der Waals surface area contributed by atoms with Crippen LogP contribution in [0.2, 0.25) is 0 Å². The summed E-state index contributed by atoms with van der Waals surface area (Å²) in [6, 6.07) is 14.1. The van der Waals surface area contributed by atoms with Crippen LogP contribution in [-0.2, 0) is 10.0 Å². The maximum absolute atomic E-state index is 13.9. The quantitative estimate of drug-likeness (QED) is 0.428. The Morgan fingerprint density at radius 2 is 1.68 bits per heavy atom. The first-order valence-electron chi connectivity index (χ1n) is 14.1. The van der Waals surface area contributed by atoms with E-state index in [1.165, 1.54) is 25.0 Å². The van der Waals surface area contributed by atoms with Crippen LogP contribution in [0, 0.1) is 25.2 Å². The number of aromatic nitrogens is 2. The van der Waals surface area contributed by atoms with E-state index in [-0.39, 0.29) is 34.6 Å². The standard InChI is InChI=1S/C31H36N4O4S/c1-20-18-35(24-10-12-31(13-11-24)14-15-31)29(36)23-8-5-9-25(16-23)40(37,38)34-30-32-26(17-27(33-30)39-19-20)28-21(2)6-4-7-22(28)3/h4-9,16-17,20,24H,10-15,18-19H2,1-3H3,(H,32,33,34)/t20-/m1/s1. The van der Waals surface area contributed by atoms with Crippen molar-refractivity contribution in [1.29, 1.82) is 0 Å². The number of benzene rings is 2. The van der Waals surface area contributed by atoms with Gasteiger partial charge in [0.05, 0.1) is 17.2 Å². The van der Waals surface area contributed by atoms with Crippen molar-refractivity contribution in [2.45, 2.75) is 70.2 Å². The van der Waals surface area contributed by atoms with Gasteiger partial charge in [0.25, 0.3) is 15.9 Å². The molecule has 210 valence electrons.